The highest BCUT2D eigenvalue weighted by Crippen LogP contribution is 2.21. The number of hydrogen-bond donors (Lipinski definition) is 0. The molecular formula is C25H43N5O. The smallest absolute Gasteiger partial charge is 0.204 e. The van der Waals surface area contributed by atoms with Gasteiger partial charge in [-0.1, -0.05) is 66.2 Å². The monoisotopic (exact) mass is 429 g/mol. The molecule has 0 aliphatic heterocycles. The maximum absolute atomic E-state index is 5.25. The van der Waals surface area contributed by atoms with E-state index in [4.69, 9.17) is 4.74 Å². The van der Waals surface area contributed by atoms with Gasteiger partial charge in [0.15, 0.2) is 0 Å². The van der Waals surface area contributed by atoms with Gasteiger partial charge in [0.05, 0.1) is 7.11 Å². The van der Waals surface area contributed by atoms with Crippen LogP contribution in [0.2, 0.25) is 0 Å². The standard InChI is InChI=1S/C25H43N5O/c1-6-10-12-21(8-3)18-29(19-22(9-4)13-11-7-2)20-30-27-25(26-28-30)23-14-16-24(31-5)17-15-23/h14-17,21-22H,6-13,18-20H2,1-5H3. The summed E-state index contributed by atoms with van der Waals surface area (Å²) in [6.45, 7) is 12.1. The third kappa shape index (κ3) is 8.60. The van der Waals surface area contributed by atoms with E-state index in [9.17, 15) is 0 Å². The molecule has 0 aliphatic rings. The van der Waals surface area contributed by atoms with Crippen molar-refractivity contribution in [2.24, 2.45) is 11.8 Å². The van der Waals surface area contributed by atoms with E-state index in [0.717, 1.165) is 36.2 Å². The number of tetrazole rings is 1. The molecule has 174 valence electrons. The second-order valence-corrected chi connectivity index (χ2v) is 8.72. The molecule has 0 fully saturated rings. The molecule has 1 aromatic heterocycles. The maximum atomic E-state index is 5.25. The molecular weight excluding hydrogens is 386 g/mol. The van der Waals surface area contributed by atoms with Crippen LogP contribution in [0.25, 0.3) is 11.4 Å². The van der Waals surface area contributed by atoms with Gasteiger partial charge in [0.25, 0.3) is 0 Å². The fourth-order valence-electron chi connectivity index (χ4n) is 4.09. The first-order valence-electron chi connectivity index (χ1n) is 12.3. The zero-order chi connectivity index (χ0) is 22.5. The molecule has 6 heteroatoms. The fourth-order valence-corrected chi connectivity index (χ4v) is 4.09. The van der Waals surface area contributed by atoms with Gasteiger partial charge in [0.1, 0.15) is 12.4 Å². The van der Waals surface area contributed by atoms with Gasteiger partial charge >= 0.3 is 0 Å². The number of aromatic nitrogens is 4. The molecule has 1 heterocycles. The van der Waals surface area contributed by atoms with Crippen LogP contribution in [0.4, 0.5) is 0 Å². The highest BCUT2D eigenvalue weighted by atomic mass is 16.5. The van der Waals surface area contributed by atoms with E-state index in [-0.39, 0.29) is 0 Å². The molecule has 2 aromatic rings. The Kier molecular flexibility index (Phi) is 11.6. The summed E-state index contributed by atoms with van der Waals surface area (Å²) < 4.78 is 5.25. The van der Waals surface area contributed by atoms with Crippen LogP contribution in [0.1, 0.15) is 79.1 Å². The van der Waals surface area contributed by atoms with Gasteiger partial charge in [-0.05, 0) is 54.2 Å². The summed E-state index contributed by atoms with van der Waals surface area (Å²) in [5, 5.41) is 13.4. The van der Waals surface area contributed by atoms with Crippen molar-refractivity contribution >= 4 is 0 Å². The third-order valence-corrected chi connectivity index (χ3v) is 6.25. The summed E-state index contributed by atoms with van der Waals surface area (Å²) in [5.74, 6) is 2.96. The summed E-state index contributed by atoms with van der Waals surface area (Å²) in [5.41, 5.74) is 0.961. The molecule has 1 aromatic carbocycles. The minimum atomic E-state index is 0.665. The van der Waals surface area contributed by atoms with Crippen LogP contribution in [0.5, 0.6) is 5.75 Å². The lowest BCUT2D eigenvalue weighted by atomic mass is 9.96. The minimum absolute atomic E-state index is 0.665. The number of nitrogens with zero attached hydrogens (tertiary/aromatic N) is 5. The van der Waals surface area contributed by atoms with Gasteiger partial charge in [-0.25, -0.2) is 0 Å². The van der Waals surface area contributed by atoms with Crippen molar-refractivity contribution in [3.8, 4) is 17.1 Å². The first-order chi connectivity index (χ1) is 15.1. The Morgan fingerprint density at radius 3 is 1.97 bits per heavy atom. The van der Waals surface area contributed by atoms with Crippen LogP contribution in [0.15, 0.2) is 24.3 Å². The van der Waals surface area contributed by atoms with E-state index in [0.29, 0.717) is 12.5 Å². The Labute approximate surface area is 189 Å². The fraction of sp³-hybridized carbons (Fsp3) is 0.720. The van der Waals surface area contributed by atoms with Crippen molar-refractivity contribution in [3.05, 3.63) is 24.3 Å². The Balaban J connectivity index is 2.10. The minimum Gasteiger partial charge on any atom is -0.497 e. The number of unbranched alkanes of at least 4 members (excludes halogenated alkanes) is 2. The number of ether oxygens (including phenoxy) is 1. The molecule has 2 rings (SSSR count). The third-order valence-electron chi connectivity index (χ3n) is 6.25. The molecule has 0 saturated heterocycles. The quantitative estimate of drug-likeness (QED) is 0.325. The SMILES string of the molecule is CCCCC(CC)CN(CC(CC)CCCC)Cn1nnc(-c2ccc(OC)cc2)n1. The lowest BCUT2D eigenvalue weighted by Crippen LogP contribution is -2.36. The molecule has 0 spiro atoms. The van der Waals surface area contributed by atoms with E-state index in [2.05, 4.69) is 48.0 Å². The second-order valence-electron chi connectivity index (χ2n) is 8.72. The Morgan fingerprint density at radius 1 is 0.903 bits per heavy atom. The van der Waals surface area contributed by atoms with Crippen LogP contribution in [-0.2, 0) is 6.67 Å². The predicted molar refractivity (Wildman–Crippen MR) is 128 cm³/mol. The molecule has 31 heavy (non-hydrogen) atoms. The number of rotatable bonds is 16. The largest absolute Gasteiger partial charge is 0.497 e. The molecule has 0 amide bonds. The highest BCUT2D eigenvalue weighted by molar-refractivity contribution is 5.55. The average Bonchev–Trinajstić information content (AvgIpc) is 3.27. The summed E-state index contributed by atoms with van der Waals surface area (Å²) in [4.78, 5) is 4.33. The summed E-state index contributed by atoms with van der Waals surface area (Å²) in [6, 6.07) is 7.82. The van der Waals surface area contributed by atoms with Crippen molar-refractivity contribution in [2.45, 2.75) is 85.7 Å². The van der Waals surface area contributed by atoms with Crippen LogP contribution in [0, 0.1) is 11.8 Å². The van der Waals surface area contributed by atoms with Gasteiger partial charge in [-0.2, -0.15) is 0 Å². The van der Waals surface area contributed by atoms with E-state index in [1.807, 2.05) is 24.3 Å². The van der Waals surface area contributed by atoms with Crippen LogP contribution < -0.4 is 4.74 Å². The van der Waals surface area contributed by atoms with E-state index in [1.54, 1.807) is 11.9 Å². The van der Waals surface area contributed by atoms with E-state index in [1.165, 1.54) is 51.4 Å². The summed E-state index contributed by atoms with van der Waals surface area (Å²) in [6.07, 6.45) is 10.2. The molecule has 0 bridgehead atoms. The first kappa shape index (κ1) is 25.3. The topological polar surface area (TPSA) is 56.1 Å². The maximum Gasteiger partial charge on any atom is 0.204 e. The van der Waals surface area contributed by atoms with Crippen molar-refractivity contribution in [1.82, 2.24) is 25.1 Å². The van der Waals surface area contributed by atoms with Gasteiger partial charge in [0, 0.05) is 18.7 Å². The van der Waals surface area contributed by atoms with Gasteiger partial charge in [-0.15, -0.1) is 15.0 Å². The second kappa shape index (κ2) is 14.2. The summed E-state index contributed by atoms with van der Waals surface area (Å²) in [7, 11) is 1.67. The number of methoxy groups -OCH3 is 1. The van der Waals surface area contributed by atoms with Gasteiger partial charge in [0.2, 0.25) is 5.82 Å². The van der Waals surface area contributed by atoms with Crippen molar-refractivity contribution in [2.75, 3.05) is 20.2 Å². The van der Waals surface area contributed by atoms with E-state index >= 15 is 0 Å². The highest BCUT2D eigenvalue weighted by Gasteiger charge is 2.18. The molecule has 2 atom stereocenters. The molecule has 2 unspecified atom stereocenters. The molecule has 0 N–H and O–H groups in total. The number of hydrogen-bond acceptors (Lipinski definition) is 5. The Morgan fingerprint density at radius 2 is 1.48 bits per heavy atom. The summed E-state index contributed by atoms with van der Waals surface area (Å²) >= 11 is 0. The van der Waals surface area contributed by atoms with Crippen LogP contribution in [0.3, 0.4) is 0 Å². The van der Waals surface area contributed by atoms with Crippen molar-refractivity contribution < 1.29 is 4.74 Å². The lowest BCUT2D eigenvalue weighted by Gasteiger charge is -2.29. The van der Waals surface area contributed by atoms with Crippen LogP contribution in [-0.4, -0.2) is 45.3 Å². The predicted octanol–water partition coefficient (Wildman–Crippen LogP) is 6.04. The molecule has 0 radical (unpaired) electrons. The Bertz CT molecular complexity index is 697. The zero-order valence-electron chi connectivity index (χ0n) is 20.4. The molecule has 0 aliphatic carbocycles. The van der Waals surface area contributed by atoms with Crippen LogP contribution >= 0.6 is 0 Å². The van der Waals surface area contributed by atoms with Gasteiger partial charge in [-0.3, -0.25) is 4.90 Å². The zero-order valence-corrected chi connectivity index (χ0v) is 20.4. The number of benzene rings is 1. The van der Waals surface area contributed by atoms with E-state index < -0.39 is 0 Å². The van der Waals surface area contributed by atoms with Crippen molar-refractivity contribution in [1.29, 1.82) is 0 Å². The normalized spacial score (nSPS) is 13.5. The molecule has 0 saturated carbocycles. The van der Waals surface area contributed by atoms with Crippen molar-refractivity contribution in [3.63, 3.8) is 0 Å². The average molecular weight is 430 g/mol. The Hall–Kier alpha value is -1.95. The lowest BCUT2D eigenvalue weighted by molar-refractivity contribution is 0.129. The van der Waals surface area contributed by atoms with Gasteiger partial charge < -0.3 is 4.74 Å². The first-order valence-corrected chi connectivity index (χ1v) is 12.3. The molecule has 6 nitrogen and oxygen atoms in total.